The molecule has 0 radical (unpaired) electrons. The van der Waals surface area contributed by atoms with E-state index in [2.05, 4.69) is 20.8 Å². The molecule has 2 N–H and O–H groups in total. The average molecular weight is 294 g/mol. The second-order valence-corrected chi connectivity index (χ2v) is 6.59. The number of hydrogen-bond donors (Lipinski definition) is 2. The highest BCUT2D eigenvalue weighted by Gasteiger charge is 2.36. The van der Waals surface area contributed by atoms with Gasteiger partial charge in [0.1, 0.15) is 0 Å². The van der Waals surface area contributed by atoms with E-state index in [1.54, 1.807) is 0 Å². The van der Waals surface area contributed by atoms with Crippen LogP contribution in [0.5, 0.6) is 0 Å². The van der Waals surface area contributed by atoms with Gasteiger partial charge in [0.15, 0.2) is 0 Å². The van der Waals surface area contributed by atoms with Crippen molar-refractivity contribution in [1.82, 2.24) is 0 Å². The maximum Gasteiger partial charge on any atom is 0.470 e. The lowest BCUT2D eigenvalue weighted by Gasteiger charge is -2.34. The molecule has 116 valence electrons. The maximum absolute atomic E-state index is 11.3. The molecule has 0 aliphatic carbocycles. The second kappa shape index (κ2) is 9.93. The van der Waals surface area contributed by atoms with Crippen molar-refractivity contribution in [2.24, 2.45) is 0 Å². The van der Waals surface area contributed by atoms with Crippen LogP contribution < -0.4 is 0 Å². The molecule has 4 nitrogen and oxygen atoms in total. The van der Waals surface area contributed by atoms with Crippen molar-refractivity contribution in [2.45, 2.75) is 90.6 Å². The van der Waals surface area contributed by atoms with Crippen LogP contribution in [0.3, 0.4) is 0 Å². The van der Waals surface area contributed by atoms with E-state index < -0.39 is 13.4 Å². The predicted octanol–water partition coefficient (Wildman–Crippen LogP) is 4.80. The summed E-state index contributed by atoms with van der Waals surface area (Å²) in [5, 5.41) is 0. The fourth-order valence-electron chi connectivity index (χ4n) is 2.46. The highest BCUT2D eigenvalue weighted by molar-refractivity contribution is 7.46. The summed E-state index contributed by atoms with van der Waals surface area (Å²) < 4.78 is 16.5. The largest absolute Gasteiger partial charge is 0.470 e. The third-order valence-corrected chi connectivity index (χ3v) is 4.15. The first kappa shape index (κ1) is 19.1. The smallest absolute Gasteiger partial charge is 0.303 e. The molecule has 0 aliphatic rings. The van der Waals surface area contributed by atoms with Gasteiger partial charge in [-0.15, -0.1) is 0 Å². The molecule has 0 atom stereocenters. The van der Waals surface area contributed by atoms with Gasteiger partial charge < -0.3 is 9.79 Å². The molecule has 0 saturated carbocycles. The van der Waals surface area contributed by atoms with Gasteiger partial charge in [-0.05, 0) is 19.3 Å². The molecule has 19 heavy (non-hydrogen) atoms. The quantitative estimate of drug-likeness (QED) is 0.401. The Hall–Kier alpha value is 0.110. The molecule has 0 aromatic rings. The van der Waals surface area contributed by atoms with Crippen LogP contribution in [0.2, 0.25) is 0 Å². The minimum absolute atomic E-state index is 0.625. The minimum atomic E-state index is -4.42. The van der Waals surface area contributed by atoms with Crippen LogP contribution >= 0.6 is 7.82 Å². The molecule has 5 heteroatoms. The lowest BCUT2D eigenvalue weighted by Crippen LogP contribution is -2.32. The van der Waals surface area contributed by atoms with Crippen LogP contribution in [0.15, 0.2) is 0 Å². The summed E-state index contributed by atoms with van der Waals surface area (Å²) in [7, 11) is -4.42. The SMILES string of the molecule is CCCCCC(CCCC)(CCCC)OP(=O)(O)O. The van der Waals surface area contributed by atoms with E-state index in [4.69, 9.17) is 4.52 Å². The van der Waals surface area contributed by atoms with Gasteiger partial charge in [0.05, 0.1) is 5.60 Å². The van der Waals surface area contributed by atoms with E-state index >= 15 is 0 Å². The van der Waals surface area contributed by atoms with E-state index in [1.807, 2.05) is 0 Å². The van der Waals surface area contributed by atoms with E-state index in [0.717, 1.165) is 64.2 Å². The first-order chi connectivity index (χ1) is 8.89. The molecule has 0 aromatic carbocycles. The number of hydrogen-bond acceptors (Lipinski definition) is 2. The van der Waals surface area contributed by atoms with Gasteiger partial charge in [0.25, 0.3) is 0 Å². The summed E-state index contributed by atoms with van der Waals surface area (Å²) in [6.07, 6.45) is 9.37. The van der Waals surface area contributed by atoms with Gasteiger partial charge in [-0.2, -0.15) is 0 Å². The van der Waals surface area contributed by atoms with Gasteiger partial charge >= 0.3 is 7.82 Å². The summed E-state index contributed by atoms with van der Waals surface area (Å²) in [5.41, 5.74) is -0.625. The molecule has 0 spiro atoms. The van der Waals surface area contributed by atoms with E-state index in [-0.39, 0.29) is 0 Å². The topological polar surface area (TPSA) is 66.8 Å². The molecular formula is C14H31O4P. The zero-order chi connectivity index (χ0) is 14.8. The summed E-state index contributed by atoms with van der Waals surface area (Å²) in [6.45, 7) is 6.31. The van der Waals surface area contributed by atoms with Crippen LogP contribution in [0.1, 0.15) is 85.0 Å². The van der Waals surface area contributed by atoms with E-state index in [9.17, 15) is 14.4 Å². The Bertz CT molecular complexity index is 254. The number of phosphoric acid groups is 1. The van der Waals surface area contributed by atoms with Crippen molar-refractivity contribution < 1.29 is 18.9 Å². The molecule has 0 aromatic heterocycles. The third kappa shape index (κ3) is 9.61. The molecule has 0 fully saturated rings. The van der Waals surface area contributed by atoms with Crippen LogP contribution in [0.4, 0.5) is 0 Å². The highest BCUT2D eigenvalue weighted by Crippen LogP contribution is 2.47. The Labute approximate surface area is 118 Å². The molecule has 0 aliphatic heterocycles. The second-order valence-electron chi connectivity index (χ2n) is 5.43. The van der Waals surface area contributed by atoms with Crippen molar-refractivity contribution in [1.29, 1.82) is 0 Å². The number of unbranched alkanes of at least 4 members (excludes halogenated alkanes) is 4. The van der Waals surface area contributed by atoms with Crippen molar-refractivity contribution in [2.75, 3.05) is 0 Å². The molecule has 0 saturated heterocycles. The Kier molecular flexibility index (Phi) is 9.98. The zero-order valence-electron chi connectivity index (χ0n) is 12.7. The Morgan fingerprint density at radius 2 is 1.26 bits per heavy atom. The Morgan fingerprint density at radius 3 is 1.63 bits per heavy atom. The van der Waals surface area contributed by atoms with Crippen molar-refractivity contribution >= 4 is 7.82 Å². The molecule has 0 heterocycles. The van der Waals surface area contributed by atoms with Crippen LogP contribution in [0.25, 0.3) is 0 Å². The lowest BCUT2D eigenvalue weighted by atomic mass is 9.86. The zero-order valence-corrected chi connectivity index (χ0v) is 13.6. The average Bonchev–Trinajstić information content (AvgIpc) is 2.32. The van der Waals surface area contributed by atoms with Crippen molar-refractivity contribution in [3.63, 3.8) is 0 Å². The maximum atomic E-state index is 11.3. The van der Waals surface area contributed by atoms with Crippen molar-refractivity contribution in [3.8, 4) is 0 Å². The van der Waals surface area contributed by atoms with Gasteiger partial charge in [0, 0.05) is 0 Å². The third-order valence-electron chi connectivity index (χ3n) is 3.52. The molecule has 0 unspecified atom stereocenters. The molecule has 0 bridgehead atoms. The first-order valence-electron chi connectivity index (χ1n) is 7.65. The highest BCUT2D eigenvalue weighted by atomic mass is 31.2. The van der Waals surface area contributed by atoms with E-state index in [1.165, 1.54) is 0 Å². The Balaban J connectivity index is 4.78. The fraction of sp³-hybridized carbons (Fsp3) is 1.00. The monoisotopic (exact) mass is 294 g/mol. The van der Waals surface area contributed by atoms with Crippen LogP contribution in [-0.4, -0.2) is 15.4 Å². The first-order valence-corrected chi connectivity index (χ1v) is 9.18. The molecule has 0 amide bonds. The predicted molar refractivity (Wildman–Crippen MR) is 79.1 cm³/mol. The molecular weight excluding hydrogens is 263 g/mol. The molecule has 0 rings (SSSR count). The van der Waals surface area contributed by atoms with Gasteiger partial charge in [-0.3, -0.25) is 4.52 Å². The van der Waals surface area contributed by atoms with Gasteiger partial charge in [-0.1, -0.05) is 65.7 Å². The van der Waals surface area contributed by atoms with Gasteiger partial charge in [0.2, 0.25) is 0 Å². The lowest BCUT2D eigenvalue weighted by molar-refractivity contribution is 0.00615. The standard InChI is InChI=1S/C14H31O4P/c1-4-7-10-13-14(11-8-5-2,12-9-6-3)18-19(15,16)17/h4-13H2,1-3H3,(H2,15,16,17). The summed E-state index contributed by atoms with van der Waals surface area (Å²) in [5.74, 6) is 0. The normalized spacial score (nSPS) is 12.9. The summed E-state index contributed by atoms with van der Waals surface area (Å²) in [6, 6.07) is 0. The van der Waals surface area contributed by atoms with Crippen LogP contribution in [-0.2, 0) is 9.09 Å². The number of rotatable bonds is 12. The van der Waals surface area contributed by atoms with Crippen LogP contribution in [0, 0.1) is 0 Å². The fourth-order valence-corrected chi connectivity index (χ4v) is 3.24. The Morgan fingerprint density at radius 1 is 0.842 bits per heavy atom. The van der Waals surface area contributed by atoms with Gasteiger partial charge in [-0.25, -0.2) is 4.57 Å². The van der Waals surface area contributed by atoms with E-state index in [0.29, 0.717) is 0 Å². The summed E-state index contributed by atoms with van der Waals surface area (Å²) in [4.78, 5) is 18.4. The number of phosphoric ester groups is 1. The summed E-state index contributed by atoms with van der Waals surface area (Å²) >= 11 is 0. The van der Waals surface area contributed by atoms with Crippen molar-refractivity contribution in [3.05, 3.63) is 0 Å². The minimum Gasteiger partial charge on any atom is -0.303 e.